The summed E-state index contributed by atoms with van der Waals surface area (Å²) in [6.07, 6.45) is 3.03. The molecule has 1 rings (SSSR count). The van der Waals surface area contributed by atoms with Crippen molar-refractivity contribution >= 4 is 5.69 Å². The molecule has 0 aromatic heterocycles. The van der Waals surface area contributed by atoms with Crippen LogP contribution in [0.3, 0.4) is 0 Å². The SMILES string of the molecule is CCCCC(N)CNc1ccc(C(C)O)cc1. The third-order valence-corrected chi connectivity index (χ3v) is 2.89. The van der Waals surface area contributed by atoms with Crippen LogP contribution in [0.25, 0.3) is 0 Å². The topological polar surface area (TPSA) is 58.3 Å². The lowest BCUT2D eigenvalue weighted by Crippen LogP contribution is -2.28. The molecule has 96 valence electrons. The summed E-state index contributed by atoms with van der Waals surface area (Å²) in [5, 5.41) is 12.7. The molecule has 0 bridgehead atoms. The quantitative estimate of drug-likeness (QED) is 0.682. The minimum atomic E-state index is -0.407. The maximum absolute atomic E-state index is 9.39. The normalized spacial score (nSPS) is 14.4. The van der Waals surface area contributed by atoms with E-state index in [-0.39, 0.29) is 6.04 Å². The van der Waals surface area contributed by atoms with Crippen molar-refractivity contribution in [2.45, 2.75) is 45.3 Å². The van der Waals surface area contributed by atoms with Crippen molar-refractivity contribution < 1.29 is 5.11 Å². The molecule has 1 aromatic rings. The summed E-state index contributed by atoms with van der Waals surface area (Å²) in [7, 11) is 0. The Labute approximate surface area is 104 Å². The molecule has 17 heavy (non-hydrogen) atoms. The van der Waals surface area contributed by atoms with Gasteiger partial charge in [0.2, 0.25) is 0 Å². The molecule has 2 atom stereocenters. The smallest absolute Gasteiger partial charge is 0.0761 e. The number of aliphatic hydroxyl groups excluding tert-OH is 1. The first-order chi connectivity index (χ1) is 8.13. The van der Waals surface area contributed by atoms with Gasteiger partial charge in [-0.05, 0) is 31.0 Å². The van der Waals surface area contributed by atoms with Gasteiger partial charge in [-0.2, -0.15) is 0 Å². The zero-order valence-electron chi connectivity index (χ0n) is 10.8. The Morgan fingerprint density at radius 2 is 1.94 bits per heavy atom. The van der Waals surface area contributed by atoms with Gasteiger partial charge in [-0.3, -0.25) is 0 Å². The fourth-order valence-electron chi connectivity index (χ4n) is 1.70. The zero-order valence-corrected chi connectivity index (χ0v) is 10.8. The first-order valence-electron chi connectivity index (χ1n) is 6.41. The molecule has 0 aliphatic carbocycles. The number of aliphatic hydroxyl groups is 1. The van der Waals surface area contributed by atoms with E-state index in [9.17, 15) is 5.11 Å². The minimum Gasteiger partial charge on any atom is -0.389 e. The molecule has 3 nitrogen and oxygen atoms in total. The summed E-state index contributed by atoms with van der Waals surface area (Å²) in [5.74, 6) is 0. The van der Waals surface area contributed by atoms with Crippen molar-refractivity contribution in [3.8, 4) is 0 Å². The fourth-order valence-corrected chi connectivity index (χ4v) is 1.70. The van der Waals surface area contributed by atoms with Crippen molar-refractivity contribution in [3.63, 3.8) is 0 Å². The highest BCUT2D eigenvalue weighted by Crippen LogP contribution is 2.15. The Morgan fingerprint density at radius 3 is 2.47 bits per heavy atom. The average molecular weight is 236 g/mol. The van der Waals surface area contributed by atoms with Crippen LogP contribution in [0.4, 0.5) is 5.69 Å². The Bertz CT molecular complexity index is 309. The van der Waals surface area contributed by atoms with Crippen LogP contribution >= 0.6 is 0 Å². The molecule has 4 N–H and O–H groups in total. The van der Waals surface area contributed by atoms with Gasteiger partial charge in [-0.1, -0.05) is 31.9 Å². The van der Waals surface area contributed by atoms with Gasteiger partial charge in [0.1, 0.15) is 0 Å². The summed E-state index contributed by atoms with van der Waals surface area (Å²) >= 11 is 0. The largest absolute Gasteiger partial charge is 0.389 e. The molecule has 0 heterocycles. The van der Waals surface area contributed by atoms with Crippen LogP contribution in [0.1, 0.15) is 44.8 Å². The summed E-state index contributed by atoms with van der Waals surface area (Å²) < 4.78 is 0. The van der Waals surface area contributed by atoms with Gasteiger partial charge >= 0.3 is 0 Å². The Kier molecular flexibility index (Phi) is 6.01. The lowest BCUT2D eigenvalue weighted by molar-refractivity contribution is 0.199. The van der Waals surface area contributed by atoms with Gasteiger partial charge in [0.05, 0.1) is 6.10 Å². The fraction of sp³-hybridized carbons (Fsp3) is 0.571. The molecule has 0 aliphatic heterocycles. The first kappa shape index (κ1) is 14.0. The van der Waals surface area contributed by atoms with E-state index in [0.717, 1.165) is 24.2 Å². The molecule has 0 spiro atoms. The molecule has 0 fully saturated rings. The predicted octanol–water partition coefficient (Wildman–Crippen LogP) is 2.67. The predicted molar refractivity (Wildman–Crippen MR) is 73.1 cm³/mol. The number of anilines is 1. The van der Waals surface area contributed by atoms with Gasteiger partial charge < -0.3 is 16.2 Å². The van der Waals surface area contributed by atoms with E-state index in [1.165, 1.54) is 12.8 Å². The van der Waals surface area contributed by atoms with Crippen LogP contribution in [0.2, 0.25) is 0 Å². The summed E-state index contributed by atoms with van der Waals surface area (Å²) in [6, 6.07) is 8.05. The second kappa shape index (κ2) is 7.30. The van der Waals surface area contributed by atoms with Crippen molar-refractivity contribution in [1.29, 1.82) is 0 Å². The molecule has 0 saturated carbocycles. The van der Waals surface area contributed by atoms with Crippen LogP contribution in [-0.2, 0) is 0 Å². The molecule has 1 aromatic carbocycles. The highest BCUT2D eigenvalue weighted by Gasteiger charge is 2.03. The van der Waals surface area contributed by atoms with Crippen LogP contribution in [-0.4, -0.2) is 17.7 Å². The standard InChI is InChI=1S/C14H24N2O/c1-3-4-5-13(15)10-16-14-8-6-12(7-9-14)11(2)17/h6-9,11,13,16-17H,3-5,10,15H2,1-2H3. The lowest BCUT2D eigenvalue weighted by atomic mass is 10.1. The summed E-state index contributed by atoms with van der Waals surface area (Å²) in [5.41, 5.74) is 7.98. The van der Waals surface area contributed by atoms with Crippen molar-refractivity contribution in [2.24, 2.45) is 5.73 Å². The lowest BCUT2D eigenvalue weighted by Gasteiger charge is -2.13. The highest BCUT2D eigenvalue weighted by molar-refractivity contribution is 5.45. The summed E-state index contributed by atoms with van der Waals surface area (Å²) in [4.78, 5) is 0. The molecular formula is C14H24N2O. The first-order valence-corrected chi connectivity index (χ1v) is 6.41. The maximum atomic E-state index is 9.39. The van der Waals surface area contributed by atoms with Crippen LogP contribution < -0.4 is 11.1 Å². The Hall–Kier alpha value is -1.06. The van der Waals surface area contributed by atoms with Gasteiger partial charge in [-0.15, -0.1) is 0 Å². The number of hydrogen-bond donors (Lipinski definition) is 3. The van der Waals surface area contributed by atoms with Crippen LogP contribution in [0.5, 0.6) is 0 Å². The van der Waals surface area contributed by atoms with E-state index in [1.807, 2.05) is 24.3 Å². The van der Waals surface area contributed by atoms with Crippen molar-refractivity contribution in [2.75, 3.05) is 11.9 Å². The molecular weight excluding hydrogens is 212 g/mol. The molecule has 3 heteroatoms. The second-order valence-corrected chi connectivity index (χ2v) is 4.58. The number of rotatable bonds is 7. The van der Waals surface area contributed by atoms with E-state index in [1.54, 1.807) is 6.92 Å². The maximum Gasteiger partial charge on any atom is 0.0761 e. The van der Waals surface area contributed by atoms with Gasteiger partial charge in [0.25, 0.3) is 0 Å². The van der Waals surface area contributed by atoms with Crippen LogP contribution in [0, 0.1) is 0 Å². The number of nitrogens with two attached hydrogens (primary N) is 1. The molecule has 0 saturated heterocycles. The van der Waals surface area contributed by atoms with E-state index < -0.39 is 6.10 Å². The molecule has 0 amide bonds. The number of hydrogen-bond acceptors (Lipinski definition) is 3. The summed E-state index contributed by atoms with van der Waals surface area (Å²) in [6.45, 7) is 4.74. The van der Waals surface area contributed by atoms with E-state index >= 15 is 0 Å². The third kappa shape index (κ3) is 5.20. The van der Waals surface area contributed by atoms with E-state index in [2.05, 4.69) is 12.2 Å². The van der Waals surface area contributed by atoms with E-state index in [0.29, 0.717) is 0 Å². The molecule has 0 aliphatic rings. The third-order valence-electron chi connectivity index (χ3n) is 2.89. The van der Waals surface area contributed by atoms with E-state index in [4.69, 9.17) is 5.73 Å². The van der Waals surface area contributed by atoms with Crippen molar-refractivity contribution in [3.05, 3.63) is 29.8 Å². The van der Waals surface area contributed by atoms with Gasteiger partial charge in [0.15, 0.2) is 0 Å². The minimum absolute atomic E-state index is 0.214. The zero-order chi connectivity index (χ0) is 12.7. The molecule has 0 radical (unpaired) electrons. The Morgan fingerprint density at radius 1 is 1.29 bits per heavy atom. The van der Waals surface area contributed by atoms with Crippen molar-refractivity contribution in [1.82, 2.24) is 0 Å². The van der Waals surface area contributed by atoms with Gasteiger partial charge in [0, 0.05) is 18.3 Å². The Balaban J connectivity index is 2.36. The second-order valence-electron chi connectivity index (χ2n) is 4.58. The number of benzene rings is 1. The average Bonchev–Trinajstić information content (AvgIpc) is 2.34. The monoisotopic (exact) mass is 236 g/mol. The number of unbranched alkanes of at least 4 members (excludes halogenated alkanes) is 1. The van der Waals surface area contributed by atoms with Crippen LogP contribution in [0.15, 0.2) is 24.3 Å². The highest BCUT2D eigenvalue weighted by atomic mass is 16.3. The van der Waals surface area contributed by atoms with Gasteiger partial charge in [-0.25, -0.2) is 0 Å². The molecule has 2 unspecified atom stereocenters. The number of nitrogens with one attached hydrogen (secondary N) is 1.